The van der Waals surface area contributed by atoms with Crippen molar-refractivity contribution < 1.29 is 43.8 Å². The molecule has 0 aromatic heterocycles. The second-order valence-corrected chi connectivity index (χ2v) is 5.53. The Bertz CT molecular complexity index is 367. The molecule has 0 aromatic rings. The third-order valence-corrected chi connectivity index (χ3v) is 2.98. The van der Waals surface area contributed by atoms with Crippen molar-refractivity contribution in [3.63, 3.8) is 0 Å². The van der Waals surface area contributed by atoms with Gasteiger partial charge >= 0.3 is 7.82 Å². The molecule has 4 unspecified atom stereocenters. The lowest BCUT2D eigenvalue weighted by atomic mass is 10.0. The fourth-order valence-electron chi connectivity index (χ4n) is 1.06. The highest BCUT2D eigenvalue weighted by Gasteiger charge is 2.30. The molecular weight excluding hydrogens is 321 g/mol. The van der Waals surface area contributed by atoms with Crippen molar-refractivity contribution in [3.8, 4) is 0 Å². The molecule has 0 saturated heterocycles. The number of aldehydes is 1. The first-order valence-electron chi connectivity index (χ1n) is 6.46. The van der Waals surface area contributed by atoms with E-state index in [4.69, 9.17) is 20.6 Å². The summed E-state index contributed by atoms with van der Waals surface area (Å²) in [4.78, 5) is 36.9. The molecule has 10 nitrogen and oxygen atoms in total. The number of aliphatic hydroxyl groups is 3. The van der Waals surface area contributed by atoms with Gasteiger partial charge in [0, 0.05) is 12.8 Å². The minimum absolute atomic E-state index is 0.157. The predicted octanol–water partition coefficient (Wildman–Crippen LogP) is -1.92. The molecule has 0 heterocycles. The number of carbonyl (C=O) groups excluding carboxylic acids is 2. The second-order valence-electron chi connectivity index (χ2n) is 4.29. The van der Waals surface area contributed by atoms with Gasteiger partial charge in [-0.1, -0.05) is 13.8 Å². The quantitative estimate of drug-likeness (QED) is 0.203. The zero-order chi connectivity index (χ0) is 17.9. The number of nitrogens with two attached hydrogens (primary N) is 1. The number of hydrogen-bond acceptors (Lipinski definition) is 8. The van der Waals surface area contributed by atoms with Crippen LogP contribution in [0.1, 0.15) is 26.7 Å². The molecule has 0 radical (unpaired) electrons. The highest BCUT2D eigenvalue weighted by Crippen LogP contribution is 2.35. The van der Waals surface area contributed by atoms with Gasteiger partial charge in [-0.3, -0.25) is 9.32 Å². The van der Waals surface area contributed by atoms with E-state index in [9.17, 15) is 24.4 Å². The topological polar surface area (TPSA) is 188 Å². The molecule has 0 saturated carbocycles. The van der Waals surface area contributed by atoms with Crippen molar-refractivity contribution in [2.24, 2.45) is 5.73 Å². The Morgan fingerprint density at radius 1 is 1.18 bits per heavy atom. The first-order chi connectivity index (χ1) is 9.99. The third-order valence-electron chi connectivity index (χ3n) is 2.50. The van der Waals surface area contributed by atoms with Crippen LogP contribution in [0.15, 0.2) is 0 Å². The van der Waals surface area contributed by atoms with Gasteiger partial charge in [0.2, 0.25) is 0 Å². The number of hydrogen-bond donors (Lipinski definition) is 6. The first kappa shape index (κ1) is 23.6. The number of phosphoric acid groups is 1. The summed E-state index contributed by atoms with van der Waals surface area (Å²) < 4.78 is 14.1. The Kier molecular flexibility index (Phi) is 12.6. The fraction of sp³-hybridized carbons (Fsp3) is 0.818. The van der Waals surface area contributed by atoms with Gasteiger partial charge < -0.3 is 35.6 Å². The van der Waals surface area contributed by atoms with Crippen LogP contribution in [0.2, 0.25) is 0 Å². The minimum atomic E-state index is -4.77. The summed E-state index contributed by atoms with van der Waals surface area (Å²) in [5.41, 5.74) is 5.05. The zero-order valence-corrected chi connectivity index (χ0v) is 13.3. The largest absolute Gasteiger partial charge is 0.469 e. The Morgan fingerprint density at radius 3 is 1.91 bits per heavy atom. The molecule has 0 aliphatic heterocycles. The molecule has 11 heteroatoms. The molecule has 22 heavy (non-hydrogen) atoms. The van der Waals surface area contributed by atoms with E-state index in [0.29, 0.717) is 18.6 Å². The van der Waals surface area contributed by atoms with Crippen LogP contribution in [0.3, 0.4) is 0 Å². The van der Waals surface area contributed by atoms with Crippen molar-refractivity contribution in [1.82, 2.24) is 0 Å². The molecular formula is C11H24NO9P. The Balaban J connectivity index is 0. The van der Waals surface area contributed by atoms with Crippen molar-refractivity contribution in [1.29, 1.82) is 0 Å². The monoisotopic (exact) mass is 345 g/mol. The van der Waals surface area contributed by atoms with Crippen LogP contribution in [-0.4, -0.2) is 68.1 Å². The van der Waals surface area contributed by atoms with E-state index >= 15 is 0 Å². The number of aliphatic hydroxyl groups excluding tert-OH is 3. The van der Waals surface area contributed by atoms with Crippen molar-refractivity contribution in [3.05, 3.63) is 0 Å². The van der Waals surface area contributed by atoms with Gasteiger partial charge in [0.25, 0.3) is 0 Å². The Morgan fingerprint density at radius 2 is 1.64 bits per heavy atom. The van der Waals surface area contributed by atoms with Crippen LogP contribution >= 0.6 is 7.82 Å². The lowest BCUT2D eigenvalue weighted by Crippen LogP contribution is -2.50. The van der Waals surface area contributed by atoms with E-state index in [0.717, 1.165) is 0 Å². The van der Waals surface area contributed by atoms with Crippen molar-refractivity contribution in [2.45, 2.75) is 51.0 Å². The number of rotatable bonds is 9. The molecule has 0 aliphatic rings. The van der Waals surface area contributed by atoms with Crippen LogP contribution in [-0.2, 0) is 18.7 Å². The number of ketones is 1. The lowest BCUT2D eigenvalue weighted by Gasteiger charge is -2.24. The average Bonchev–Trinajstić information content (AvgIpc) is 2.49. The van der Waals surface area contributed by atoms with Crippen LogP contribution in [0.5, 0.6) is 0 Å². The van der Waals surface area contributed by atoms with E-state index in [1.807, 2.05) is 13.8 Å². The molecule has 0 amide bonds. The van der Waals surface area contributed by atoms with Gasteiger partial charge in [0.1, 0.15) is 30.4 Å². The number of Topliss-reactive ketones (excluding diaryl/α,β-unsaturated/α-hetero) is 1. The first-order valence-corrected chi connectivity index (χ1v) is 7.99. The molecule has 0 spiro atoms. The standard InChI is InChI=1S/C6H14NO8P.C5H10O/c7-3(1-8)5(10)6(11)4(9)2-15-16(12,13)14;1-3-5(6)4-2/h1,3-6,9-11H,2,7H2,(H2,12,13,14);3-4H2,1-2H3. The summed E-state index contributed by atoms with van der Waals surface area (Å²) in [5, 5.41) is 27.5. The van der Waals surface area contributed by atoms with Crippen LogP contribution in [0, 0.1) is 0 Å². The second kappa shape index (κ2) is 11.8. The Labute approximate surface area is 128 Å². The maximum Gasteiger partial charge on any atom is 0.469 e. The maximum absolute atomic E-state index is 10.3. The molecule has 7 N–H and O–H groups in total. The lowest BCUT2D eigenvalue weighted by molar-refractivity contribution is -0.119. The molecule has 132 valence electrons. The highest BCUT2D eigenvalue weighted by atomic mass is 31.2. The molecule has 0 aromatic carbocycles. The number of phosphoric ester groups is 1. The normalized spacial score (nSPS) is 16.7. The van der Waals surface area contributed by atoms with Gasteiger partial charge in [0.15, 0.2) is 0 Å². The van der Waals surface area contributed by atoms with Gasteiger partial charge in [-0.05, 0) is 0 Å². The van der Waals surface area contributed by atoms with E-state index in [1.54, 1.807) is 0 Å². The summed E-state index contributed by atoms with van der Waals surface area (Å²) in [7, 11) is -4.77. The Hall–Kier alpha value is -0.710. The zero-order valence-electron chi connectivity index (χ0n) is 12.4. The van der Waals surface area contributed by atoms with Crippen LogP contribution in [0.25, 0.3) is 0 Å². The predicted molar refractivity (Wildman–Crippen MR) is 75.6 cm³/mol. The number of carbonyl (C=O) groups is 2. The van der Waals surface area contributed by atoms with Crippen molar-refractivity contribution >= 4 is 19.9 Å². The SMILES string of the molecule is CCC(=O)CC.NC(C=O)C(O)C(O)C(O)COP(=O)(O)O. The van der Waals surface area contributed by atoms with Gasteiger partial charge in [-0.2, -0.15) is 0 Å². The molecule has 0 aliphatic carbocycles. The van der Waals surface area contributed by atoms with E-state index in [2.05, 4.69) is 4.52 Å². The summed E-state index contributed by atoms with van der Waals surface area (Å²) in [6.07, 6.45) is -3.86. The van der Waals surface area contributed by atoms with E-state index < -0.39 is 38.8 Å². The smallest absolute Gasteiger partial charge is 0.388 e. The molecule has 4 atom stereocenters. The fourth-order valence-corrected chi connectivity index (χ4v) is 1.40. The summed E-state index contributed by atoms with van der Waals surface area (Å²) in [5.74, 6) is 0.343. The van der Waals surface area contributed by atoms with Crippen LogP contribution in [0.4, 0.5) is 0 Å². The van der Waals surface area contributed by atoms with Gasteiger partial charge in [0.05, 0.1) is 12.6 Å². The van der Waals surface area contributed by atoms with Crippen LogP contribution < -0.4 is 5.73 Å². The van der Waals surface area contributed by atoms with Crippen molar-refractivity contribution in [2.75, 3.05) is 6.61 Å². The molecule has 0 fully saturated rings. The maximum atomic E-state index is 10.3. The minimum Gasteiger partial charge on any atom is -0.388 e. The highest BCUT2D eigenvalue weighted by molar-refractivity contribution is 7.46. The van der Waals surface area contributed by atoms with E-state index in [1.165, 1.54) is 0 Å². The van der Waals surface area contributed by atoms with E-state index in [-0.39, 0.29) is 6.29 Å². The van der Waals surface area contributed by atoms with Gasteiger partial charge in [-0.25, -0.2) is 4.57 Å². The summed E-state index contributed by atoms with van der Waals surface area (Å²) >= 11 is 0. The average molecular weight is 345 g/mol. The summed E-state index contributed by atoms with van der Waals surface area (Å²) in [6.45, 7) is 2.85. The van der Waals surface area contributed by atoms with Gasteiger partial charge in [-0.15, -0.1) is 0 Å². The third kappa shape index (κ3) is 11.9. The molecule has 0 bridgehead atoms. The summed E-state index contributed by atoms with van der Waals surface area (Å²) in [6, 6.07) is -1.42. The molecule has 0 rings (SSSR count).